The molecule has 0 saturated heterocycles. The summed E-state index contributed by atoms with van der Waals surface area (Å²) in [6.07, 6.45) is 0. The van der Waals surface area contributed by atoms with Crippen LogP contribution >= 0.6 is 11.8 Å². The van der Waals surface area contributed by atoms with Crippen LogP contribution in [-0.4, -0.2) is 5.75 Å². The summed E-state index contributed by atoms with van der Waals surface area (Å²) in [5.74, 6) is 2.32. The van der Waals surface area contributed by atoms with E-state index in [1.54, 1.807) is 0 Å². The van der Waals surface area contributed by atoms with Gasteiger partial charge in [0.25, 0.3) is 0 Å². The third-order valence-corrected chi connectivity index (χ3v) is 4.45. The Morgan fingerprint density at radius 2 is 1.78 bits per heavy atom. The molecule has 1 atom stereocenters. The van der Waals surface area contributed by atoms with Gasteiger partial charge in [0.1, 0.15) is 0 Å². The quantitative estimate of drug-likeness (QED) is 0.896. The molecule has 1 heterocycles. The predicted octanol–water partition coefficient (Wildman–Crippen LogP) is 3.76. The summed E-state index contributed by atoms with van der Waals surface area (Å²) >= 11 is 2.02. The van der Waals surface area contributed by atoms with Crippen molar-refractivity contribution < 1.29 is 0 Å². The molecule has 18 heavy (non-hydrogen) atoms. The fourth-order valence-corrected chi connectivity index (χ4v) is 3.52. The van der Waals surface area contributed by atoms with Gasteiger partial charge in [0.05, 0.1) is 0 Å². The van der Waals surface area contributed by atoms with Gasteiger partial charge in [-0.15, -0.1) is 0 Å². The lowest BCUT2D eigenvalue weighted by Gasteiger charge is -2.26. The molecule has 0 fully saturated rings. The van der Waals surface area contributed by atoms with Crippen LogP contribution < -0.4 is 5.32 Å². The Morgan fingerprint density at radius 1 is 1.00 bits per heavy atom. The van der Waals surface area contributed by atoms with Crippen LogP contribution in [-0.2, 0) is 12.3 Å². The molecule has 0 aromatic heterocycles. The first-order valence-corrected chi connectivity index (χ1v) is 7.52. The van der Waals surface area contributed by atoms with Gasteiger partial charge in [0, 0.05) is 24.1 Å². The zero-order valence-corrected chi connectivity index (χ0v) is 11.1. The highest BCUT2D eigenvalue weighted by Crippen LogP contribution is 2.31. The Morgan fingerprint density at radius 3 is 2.67 bits per heavy atom. The van der Waals surface area contributed by atoms with Crippen LogP contribution in [0.5, 0.6) is 0 Å². The van der Waals surface area contributed by atoms with Crippen molar-refractivity contribution in [1.82, 2.24) is 5.32 Å². The lowest BCUT2D eigenvalue weighted by Crippen LogP contribution is -2.26. The fourth-order valence-electron chi connectivity index (χ4n) is 2.39. The lowest BCUT2D eigenvalue weighted by atomic mass is 10.0. The molecule has 2 aromatic rings. The number of thioether (sulfide) groups is 1. The van der Waals surface area contributed by atoms with Crippen LogP contribution in [0.2, 0.25) is 0 Å². The summed E-state index contributed by atoms with van der Waals surface area (Å²) in [5, 5.41) is 3.67. The minimum Gasteiger partial charge on any atom is -0.305 e. The summed E-state index contributed by atoms with van der Waals surface area (Å²) < 4.78 is 0. The Labute approximate surface area is 113 Å². The molecule has 0 saturated carbocycles. The SMILES string of the molecule is c1ccc(CNC2CSCc3ccccc32)cc1. The van der Waals surface area contributed by atoms with Crippen LogP contribution in [0, 0.1) is 0 Å². The van der Waals surface area contributed by atoms with Gasteiger partial charge in [0.2, 0.25) is 0 Å². The maximum atomic E-state index is 3.67. The molecule has 92 valence electrons. The molecule has 1 unspecified atom stereocenters. The average molecular weight is 255 g/mol. The van der Waals surface area contributed by atoms with Crippen molar-refractivity contribution in [3.63, 3.8) is 0 Å². The lowest BCUT2D eigenvalue weighted by molar-refractivity contribution is 0.575. The number of fused-ring (bicyclic) bond motifs is 1. The summed E-state index contributed by atoms with van der Waals surface area (Å²) in [4.78, 5) is 0. The Hall–Kier alpha value is -1.25. The number of hydrogen-bond donors (Lipinski definition) is 1. The number of benzene rings is 2. The van der Waals surface area contributed by atoms with Crippen LogP contribution in [0.15, 0.2) is 54.6 Å². The largest absolute Gasteiger partial charge is 0.305 e. The fraction of sp³-hybridized carbons (Fsp3) is 0.250. The maximum Gasteiger partial charge on any atom is 0.0417 e. The molecule has 2 aromatic carbocycles. The molecule has 1 aliphatic rings. The van der Waals surface area contributed by atoms with E-state index in [1.807, 2.05) is 11.8 Å². The Balaban J connectivity index is 1.71. The van der Waals surface area contributed by atoms with E-state index in [9.17, 15) is 0 Å². The van der Waals surface area contributed by atoms with Crippen molar-refractivity contribution in [2.24, 2.45) is 0 Å². The second-order valence-corrected chi connectivity index (χ2v) is 5.66. The maximum absolute atomic E-state index is 3.67. The van der Waals surface area contributed by atoms with E-state index in [-0.39, 0.29) is 0 Å². The number of nitrogens with one attached hydrogen (secondary N) is 1. The van der Waals surface area contributed by atoms with Gasteiger partial charge in [0.15, 0.2) is 0 Å². The van der Waals surface area contributed by atoms with Crippen molar-refractivity contribution >= 4 is 11.8 Å². The number of hydrogen-bond acceptors (Lipinski definition) is 2. The normalized spacial score (nSPS) is 18.3. The molecule has 0 amide bonds. The minimum atomic E-state index is 0.486. The summed E-state index contributed by atoms with van der Waals surface area (Å²) in [7, 11) is 0. The Kier molecular flexibility index (Phi) is 3.67. The van der Waals surface area contributed by atoms with Gasteiger partial charge in [-0.05, 0) is 16.7 Å². The second-order valence-electron chi connectivity index (χ2n) is 4.63. The monoisotopic (exact) mass is 255 g/mol. The van der Waals surface area contributed by atoms with Crippen molar-refractivity contribution in [2.45, 2.75) is 18.3 Å². The molecule has 0 radical (unpaired) electrons. The topological polar surface area (TPSA) is 12.0 Å². The molecular formula is C16H17NS. The summed E-state index contributed by atoms with van der Waals surface area (Å²) in [6.45, 7) is 0.945. The van der Waals surface area contributed by atoms with Gasteiger partial charge in [-0.1, -0.05) is 54.6 Å². The van der Waals surface area contributed by atoms with E-state index in [0.29, 0.717) is 6.04 Å². The molecule has 1 N–H and O–H groups in total. The molecule has 2 heteroatoms. The standard InChI is InChI=1S/C16H17NS/c1-2-6-13(7-3-1)10-17-16-12-18-11-14-8-4-5-9-15(14)16/h1-9,16-17H,10-12H2. The van der Waals surface area contributed by atoms with E-state index in [2.05, 4.69) is 59.9 Å². The van der Waals surface area contributed by atoms with Gasteiger partial charge >= 0.3 is 0 Å². The smallest absolute Gasteiger partial charge is 0.0417 e. The second kappa shape index (κ2) is 5.59. The van der Waals surface area contributed by atoms with Gasteiger partial charge in [-0.25, -0.2) is 0 Å². The molecule has 0 aliphatic carbocycles. The molecule has 0 bridgehead atoms. The zero-order chi connectivity index (χ0) is 12.2. The highest BCUT2D eigenvalue weighted by molar-refractivity contribution is 7.98. The first kappa shape index (κ1) is 11.8. The summed E-state index contributed by atoms with van der Waals surface area (Å²) in [6, 6.07) is 19.9. The molecular weight excluding hydrogens is 238 g/mol. The van der Waals surface area contributed by atoms with Crippen LogP contribution in [0.25, 0.3) is 0 Å². The average Bonchev–Trinajstić information content (AvgIpc) is 2.46. The third-order valence-electron chi connectivity index (χ3n) is 3.37. The first-order valence-electron chi connectivity index (χ1n) is 6.36. The van der Waals surface area contributed by atoms with Crippen molar-refractivity contribution in [2.75, 3.05) is 5.75 Å². The predicted molar refractivity (Wildman–Crippen MR) is 78.6 cm³/mol. The van der Waals surface area contributed by atoms with E-state index in [1.165, 1.54) is 22.4 Å². The van der Waals surface area contributed by atoms with Crippen LogP contribution in [0.3, 0.4) is 0 Å². The highest BCUT2D eigenvalue weighted by Gasteiger charge is 2.19. The Bertz CT molecular complexity index is 510. The van der Waals surface area contributed by atoms with E-state index in [0.717, 1.165) is 12.3 Å². The van der Waals surface area contributed by atoms with Gasteiger partial charge in [-0.3, -0.25) is 0 Å². The van der Waals surface area contributed by atoms with Gasteiger partial charge < -0.3 is 5.32 Å². The van der Waals surface area contributed by atoms with Gasteiger partial charge in [-0.2, -0.15) is 11.8 Å². The first-order chi connectivity index (χ1) is 8.93. The van der Waals surface area contributed by atoms with E-state index < -0.39 is 0 Å². The number of rotatable bonds is 3. The van der Waals surface area contributed by atoms with Crippen LogP contribution in [0.1, 0.15) is 22.7 Å². The van der Waals surface area contributed by atoms with E-state index >= 15 is 0 Å². The van der Waals surface area contributed by atoms with Crippen LogP contribution in [0.4, 0.5) is 0 Å². The summed E-state index contributed by atoms with van der Waals surface area (Å²) in [5.41, 5.74) is 4.32. The zero-order valence-electron chi connectivity index (χ0n) is 10.3. The van der Waals surface area contributed by atoms with Crippen molar-refractivity contribution in [1.29, 1.82) is 0 Å². The minimum absolute atomic E-state index is 0.486. The molecule has 1 aliphatic heterocycles. The highest BCUT2D eigenvalue weighted by atomic mass is 32.2. The molecule has 3 rings (SSSR count). The molecule has 1 nitrogen and oxygen atoms in total. The van der Waals surface area contributed by atoms with Crippen molar-refractivity contribution in [3.05, 3.63) is 71.3 Å². The third kappa shape index (κ3) is 2.60. The van der Waals surface area contributed by atoms with E-state index in [4.69, 9.17) is 0 Å². The molecule has 0 spiro atoms. The van der Waals surface area contributed by atoms with Crippen molar-refractivity contribution in [3.8, 4) is 0 Å².